The van der Waals surface area contributed by atoms with Gasteiger partial charge >= 0.3 is 7.12 Å². The molecular formula is C25H41BClN5O3. The van der Waals surface area contributed by atoms with Gasteiger partial charge < -0.3 is 44.2 Å². The van der Waals surface area contributed by atoms with Crippen LogP contribution in [0.2, 0.25) is 5.82 Å². The Morgan fingerprint density at radius 1 is 1.26 bits per heavy atom. The molecule has 2 bridgehead atoms. The van der Waals surface area contributed by atoms with Crippen LogP contribution < -0.4 is 34.9 Å². The first-order chi connectivity index (χ1) is 16.1. The summed E-state index contributed by atoms with van der Waals surface area (Å²) in [6, 6.07) is 9.98. The van der Waals surface area contributed by atoms with Crippen molar-refractivity contribution in [1.82, 2.24) is 5.32 Å². The van der Waals surface area contributed by atoms with Crippen LogP contribution in [0.15, 0.2) is 35.3 Å². The summed E-state index contributed by atoms with van der Waals surface area (Å²) < 4.78 is 13.3. The van der Waals surface area contributed by atoms with E-state index in [1.807, 2.05) is 18.2 Å². The molecule has 194 valence electrons. The van der Waals surface area contributed by atoms with Crippen LogP contribution in [-0.2, 0) is 20.5 Å². The third kappa shape index (κ3) is 5.79. The molecule has 5 rings (SSSR count). The van der Waals surface area contributed by atoms with E-state index in [2.05, 4.69) is 48.9 Å². The van der Waals surface area contributed by atoms with E-state index < -0.39 is 0 Å². The number of guanidine groups is 1. The van der Waals surface area contributed by atoms with Crippen molar-refractivity contribution in [3.05, 3.63) is 35.9 Å². The van der Waals surface area contributed by atoms with Crippen molar-refractivity contribution in [2.45, 2.75) is 76.4 Å². The normalized spacial score (nSPS) is 29.7. The Morgan fingerprint density at radius 2 is 1.97 bits per heavy atom. The first-order valence-electron chi connectivity index (χ1n) is 12.6. The third-order valence-electron chi connectivity index (χ3n) is 8.61. The first-order valence-corrected chi connectivity index (χ1v) is 12.6. The molecule has 1 aromatic rings. The van der Waals surface area contributed by atoms with Gasteiger partial charge in [-0.15, -0.1) is 0 Å². The van der Waals surface area contributed by atoms with Crippen molar-refractivity contribution in [2.75, 3.05) is 13.1 Å². The van der Waals surface area contributed by atoms with Crippen LogP contribution in [0.5, 0.6) is 0 Å². The molecule has 0 radical (unpaired) electrons. The number of carbonyl (C=O) groups is 1. The number of benzene rings is 1. The molecule has 1 aliphatic heterocycles. The molecule has 0 spiro atoms. The number of halogens is 1. The number of hydrogen-bond acceptors (Lipinski definition) is 4. The molecule has 8 N–H and O–H groups in total. The lowest BCUT2D eigenvalue weighted by Gasteiger charge is -2.64. The first kappa shape index (κ1) is 27.8. The predicted octanol–water partition coefficient (Wildman–Crippen LogP) is -1.89. The number of quaternary nitrogens is 1. The molecule has 8 nitrogen and oxygen atoms in total. The second kappa shape index (κ2) is 11.1. The van der Waals surface area contributed by atoms with E-state index in [0.717, 1.165) is 12.8 Å². The van der Waals surface area contributed by atoms with Crippen molar-refractivity contribution in [2.24, 2.45) is 33.7 Å². The maximum Gasteiger partial charge on any atom is 0.463 e. The maximum absolute atomic E-state index is 12.8. The van der Waals surface area contributed by atoms with E-state index in [-0.39, 0.29) is 55.0 Å². The number of nitrogens with zero attached hydrogens (tertiary/aromatic N) is 1. The van der Waals surface area contributed by atoms with Crippen LogP contribution in [0.1, 0.15) is 52.0 Å². The maximum atomic E-state index is 12.8. The summed E-state index contributed by atoms with van der Waals surface area (Å²) in [5, 5.41) is 3.11. The Hall–Kier alpha value is -1.81. The number of aliphatic imine (C=N–C) groups is 1. The minimum absolute atomic E-state index is 0. The smallest absolute Gasteiger partial charge is 0.463 e. The Morgan fingerprint density at radius 3 is 2.63 bits per heavy atom. The molecular weight excluding hydrogens is 465 g/mol. The van der Waals surface area contributed by atoms with E-state index in [1.54, 1.807) is 0 Å². The zero-order chi connectivity index (χ0) is 24.5. The summed E-state index contributed by atoms with van der Waals surface area (Å²) in [6.07, 6.45) is 4.51. The summed E-state index contributed by atoms with van der Waals surface area (Å²) in [5.74, 6) is 1.24. The Kier molecular flexibility index (Phi) is 8.79. The monoisotopic (exact) mass is 505 g/mol. The van der Waals surface area contributed by atoms with Crippen LogP contribution in [-0.4, -0.2) is 49.8 Å². The zero-order valence-electron chi connectivity index (χ0n) is 21.2. The molecule has 4 aliphatic rings. The second-order valence-electron chi connectivity index (χ2n) is 11.2. The number of nitrogens with two attached hydrogens (primary N) is 2. The predicted molar refractivity (Wildman–Crippen MR) is 134 cm³/mol. The number of nitrogens with one attached hydrogen (secondary N) is 1. The number of amides is 1. The van der Waals surface area contributed by atoms with Crippen LogP contribution in [0.4, 0.5) is 0 Å². The Labute approximate surface area is 215 Å². The fraction of sp³-hybridized carbons (Fsp3) is 0.680. The van der Waals surface area contributed by atoms with Crippen LogP contribution in [0, 0.1) is 17.3 Å². The second-order valence-corrected chi connectivity index (χ2v) is 11.2. The van der Waals surface area contributed by atoms with E-state index in [9.17, 15) is 4.79 Å². The molecule has 10 heteroatoms. The third-order valence-corrected chi connectivity index (χ3v) is 8.61. The molecule has 1 aromatic carbocycles. The highest BCUT2D eigenvalue weighted by molar-refractivity contribution is 6.47. The SMILES string of the molecule is CC1(C)[C@H]2C[C@@H]3OB(C(CNC(=O)[C@@H]([NH3+])CCCN=C(N)N)Cc4ccccc4)O[C@]3(C)[C@@H]1C2.[Cl-]. The molecule has 1 saturated heterocycles. The zero-order valence-corrected chi connectivity index (χ0v) is 22.0. The molecule has 3 saturated carbocycles. The lowest BCUT2D eigenvalue weighted by atomic mass is 9.43. The van der Waals surface area contributed by atoms with Gasteiger partial charge in [-0.1, -0.05) is 44.2 Å². The van der Waals surface area contributed by atoms with Gasteiger partial charge in [0, 0.05) is 25.3 Å². The van der Waals surface area contributed by atoms with Crippen molar-refractivity contribution < 1.29 is 32.2 Å². The van der Waals surface area contributed by atoms with Gasteiger partial charge in [-0.3, -0.25) is 9.79 Å². The van der Waals surface area contributed by atoms with E-state index in [4.69, 9.17) is 20.8 Å². The molecule has 6 atom stereocenters. The van der Waals surface area contributed by atoms with E-state index >= 15 is 0 Å². The fourth-order valence-electron chi connectivity index (χ4n) is 6.34. The number of rotatable bonds is 10. The average Bonchev–Trinajstić information content (AvgIpc) is 3.16. The molecule has 3 aliphatic carbocycles. The van der Waals surface area contributed by atoms with Crippen LogP contribution in [0.3, 0.4) is 0 Å². The van der Waals surface area contributed by atoms with Gasteiger partial charge in [0.15, 0.2) is 12.0 Å². The topological polar surface area (TPSA) is 140 Å². The molecule has 35 heavy (non-hydrogen) atoms. The largest absolute Gasteiger partial charge is 1.00 e. The van der Waals surface area contributed by atoms with Gasteiger partial charge in [0.2, 0.25) is 0 Å². The van der Waals surface area contributed by atoms with Crippen molar-refractivity contribution in [3.8, 4) is 0 Å². The minimum Gasteiger partial charge on any atom is -1.00 e. The van der Waals surface area contributed by atoms with E-state index in [0.29, 0.717) is 43.2 Å². The quantitative estimate of drug-likeness (QED) is 0.127. The van der Waals surface area contributed by atoms with Gasteiger partial charge in [0.05, 0.1) is 11.7 Å². The van der Waals surface area contributed by atoms with Gasteiger partial charge in [0.1, 0.15) is 0 Å². The van der Waals surface area contributed by atoms with Crippen LogP contribution >= 0.6 is 0 Å². The fourth-order valence-corrected chi connectivity index (χ4v) is 6.34. The highest BCUT2D eigenvalue weighted by Crippen LogP contribution is 2.66. The summed E-state index contributed by atoms with van der Waals surface area (Å²) in [6.45, 7) is 7.96. The summed E-state index contributed by atoms with van der Waals surface area (Å²) in [5.41, 5.74) is 16.0. The van der Waals surface area contributed by atoms with E-state index in [1.165, 1.54) is 12.0 Å². The van der Waals surface area contributed by atoms with Crippen molar-refractivity contribution >= 4 is 19.0 Å². The Bertz CT molecular complexity index is 900. The average molecular weight is 506 g/mol. The van der Waals surface area contributed by atoms with Gasteiger partial charge in [-0.05, 0) is 55.4 Å². The minimum atomic E-state index is -0.356. The highest BCUT2D eigenvalue weighted by Gasteiger charge is 2.68. The lowest BCUT2D eigenvalue weighted by Crippen LogP contribution is -3.00. The molecule has 1 unspecified atom stereocenters. The van der Waals surface area contributed by atoms with Crippen LogP contribution in [0.25, 0.3) is 0 Å². The van der Waals surface area contributed by atoms with Crippen molar-refractivity contribution in [1.29, 1.82) is 0 Å². The molecule has 1 heterocycles. The summed E-state index contributed by atoms with van der Waals surface area (Å²) in [7, 11) is -0.337. The molecule has 1 amide bonds. The Balaban J connectivity index is 0.00000342. The lowest BCUT2D eigenvalue weighted by molar-refractivity contribution is -0.405. The van der Waals surface area contributed by atoms with Gasteiger partial charge in [-0.2, -0.15) is 0 Å². The summed E-state index contributed by atoms with van der Waals surface area (Å²) in [4.78, 5) is 16.7. The number of carbonyl (C=O) groups excluding carboxylic acids is 1. The standard InChI is InChI=1S/C25H40BN5O3.ClH/c1-24(2)17-13-20(24)25(3)21(14-17)33-26(34-25)18(12-16-8-5-4-6-9-16)15-31-22(32)19(27)10-7-11-30-23(28)29;/h4-6,8-9,17-21H,7,10-15,27H2,1-3H3,(H,31,32)(H4,28,29,30);1H/t17-,18?,19+,20-,21+,25-;/m1./s1. The summed E-state index contributed by atoms with van der Waals surface area (Å²) >= 11 is 0. The van der Waals surface area contributed by atoms with Gasteiger partial charge in [-0.25, -0.2) is 0 Å². The number of hydrogen-bond donors (Lipinski definition) is 4. The molecule has 0 aromatic heterocycles. The van der Waals surface area contributed by atoms with Gasteiger partial charge in [0.25, 0.3) is 5.91 Å². The highest BCUT2D eigenvalue weighted by atomic mass is 35.5. The molecule has 4 fully saturated rings. The van der Waals surface area contributed by atoms with Crippen molar-refractivity contribution in [3.63, 3.8) is 0 Å².